The van der Waals surface area contributed by atoms with Crippen LogP contribution in [0.15, 0.2) is 0 Å². The van der Waals surface area contributed by atoms with E-state index in [9.17, 15) is 4.57 Å². The van der Waals surface area contributed by atoms with E-state index in [2.05, 4.69) is 6.92 Å². The van der Waals surface area contributed by atoms with Crippen molar-refractivity contribution in [1.82, 2.24) is 0 Å². The second-order valence-electron chi connectivity index (χ2n) is 3.86. The molecule has 5 heteroatoms. The molecule has 0 aromatic carbocycles. The van der Waals surface area contributed by atoms with Crippen molar-refractivity contribution in [3.05, 3.63) is 0 Å². The summed E-state index contributed by atoms with van der Waals surface area (Å²) in [7, 11) is -3.73. The van der Waals surface area contributed by atoms with Crippen molar-refractivity contribution in [3.63, 3.8) is 0 Å². The van der Waals surface area contributed by atoms with Crippen LogP contribution in [-0.2, 0) is 4.57 Å². The van der Waals surface area contributed by atoms with Gasteiger partial charge in [-0.25, -0.2) is 0 Å². The highest BCUT2D eigenvalue weighted by Gasteiger charge is 2.10. The Balaban J connectivity index is 0. The van der Waals surface area contributed by atoms with Gasteiger partial charge in [0.05, 0.1) is 0 Å². The lowest BCUT2D eigenvalue weighted by atomic mass is 10.1. The highest BCUT2D eigenvalue weighted by atomic mass is 31.2. The second kappa shape index (κ2) is 10.6. The fourth-order valence-corrected chi connectivity index (χ4v) is 2.09. The van der Waals surface area contributed by atoms with Gasteiger partial charge in [-0.15, -0.1) is 0 Å². The Hall–Kier alpha value is 0.110. The summed E-state index contributed by atoms with van der Waals surface area (Å²) in [5, 5.41) is 0. The molecule has 0 spiro atoms. The van der Waals surface area contributed by atoms with Gasteiger partial charge in [0.2, 0.25) is 0 Å². The van der Waals surface area contributed by atoms with Crippen LogP contribution in [0.5, 0.6) is 0 Å². The molecule has 4 N–H and O–H groups in total. The summed E-state index contributed by atoms with van der Waals surface area (Å²) >= 11 is 0. The molecule has 0 fully saturated rings. The Morgan fingerprint density at radius 1 is 0.867 bits per heavy atom. The van der Waals surface area contributed by atoms with E-state index < -0.39 is 7.60 Å². The predicted molar refractivity (Wildman–Crippen MR) is 63.1 cm³/mol. The Kier molecular flexibility index (Phi) is 12.4. The summed E-state index contributed by atoms with van der Waals surface area (Å²) in [5.41, 5.74) is 0. The van der Waals surface area contributed by atoms with E-state index in [4.69, 9.17) is 9.79 Å². The first-order valence-corrected chi connectivity index (χ1v) is 7.40. The molecule has 0 heterocycles. The maximum absolute atomic E-state index is 10.5. The molecule has 0 unspecified atom stereocenters. The lowest BCUT2D eigenvalue weighted by Crippen LogP contribution is -1.88. The zero-order valence-electron chi connectivity index (χ0n) is 9.61. The summed E-state index contributed by atoms with van der Waals surface area (Å²) < 4.78 is 10.5. The van der Waals surface area contributed by atoms with Crippen LogP contribution in [0.3, 0.4) is 0 Å². The Bertz CT molecular complexity index is 167. The average Bonchev–Trinajstić information content (AvgIpc) is 2.08. The smallest absolute Gasteiger partial charge is 0.325 e. The van der Waals surface area contributed by atoms with E-state index in [1.165, 1.54) is 32.1 Å². The van der Waals surface area contributed by atoms with Crippen molar-refractivity contribution >= 4 is 7.60 Å². The summed E-state index contributed by atoms with van der Waals surface area (Å²) in [6.07, 6.45) is 9.14. The molecule has 4 nitrogen and oxygen atoms in total. The standard InChI is InChI=1S/C10H23O3P.H2O/c1-2-3-4-5-6-7-8-9-10-14(11,12)13;/h2-10H2,1H3,(H2,11,12,13);1H2. The first-order valence-electron chi connectivity index (χ1n) is 5.61. The summed E-state index contributed by atoms with van der Waals surface area (Å²) in [4.78, 5) is 17.2. The number of rotatable bonds is 9. The third-order valence-electron chi connectivity index (χ3n) is 2.30. The Labute approximate surface area is 92.6 Å². The van der Waals surface area contributed by atoms with Crippen molar-refractivity contribution in [2.45, 2.75) is 58.3 Å². The van der Waals surface area contributed by atoms with Gasteiger partial charge in [-0.3, -0.25) is 4.57 Å². The molecule has 0 aromatic heterocycles. The Morgan fingerprint density at radius 3 is 1.67 bits per heavy atom. The average molecular weight is 240 g/mol. The van der Waals surface area contributed by atoms with Gasteiger partial charge in [0.1, 0.15) is 0 Å². The molecular weight excluding hydrogens is 215 g/mol. The van der Waals surface area contributed by atoms with Gasteiger partial charge in [-0.05, 0) is 6.42 Å². The maximum Gasteiger partial charge on any atom is 0.325 e. The molecule has 0 saturated carbocycles. The zero-order chi connectivity index (χ0) is 10.9. The van der Waals surface area contributed by atoms with Crippen molar-refractivity contribution < 1.29 is 19.8 Å². The monoisotopic (exact) mass is 240 g/mol. The first kappa shape index (κ1) is 17.5. The van der Waals surface area contributed by atoms with Crippen LogP contribution in [-0.4, -0.2) is 21.4 Å². The van der Waals surface area contributed by atoms with Crippen molar-refractivity contribution in [3.8, 4) is 0 Å². The Morgan fingerprint density at radius 2 is 1.27 bits per heavy atom. The van der Waals surface area contributed by atoms with Crippen LogP contribution in [0.2, 0.25) is 0 Å². The number of unbranched alkanes of at least 4 members (excludes halogenated alkanes) is 7. The fourth-order valence-electron chi connectivity index (χ4n) is 1.45. The SMILES string of the molecule is CCCCCCCCCCP(=O)(O)O.O. The quantitative estimate of drug-likeness (QED) is 0.479. The largest absolute Gasteiger partial charge is 0.412 e. The molecular formula is C10H25O4P. The molecule has 0 amide bonds. The minimum Gasteiger partial charge on any atom is -0.412 e. The van der Waals surface area contributed by atoms with Crippen molar-refractivity contribution in [2.24, 2.45) is 0 Å². The molecule has 0 saturated heterocycles. The molecule has 94 valence electrons. The van der Waals surface area contributed by atoms with Crippen molar-refractivity contribution in [2.75, 3.05) is 6.16 Å². The third-order valence-corrected chi connectivity index (χ3v) is 3.20. The first-order chi connectivity index (χ1) is 6.56. The maximum atomic E-state index is 10.5. The minimum absolute atomic E-state index is 0. The lowest BCUT2D eigenvalue weighted by molar-refractivity contribution is 0.370. The molecule has 0 aliphatic heterocycles. The highest BCUT2D eigenvalue weighted by Crippen LogP contribution is 2.35. The molecule has 15 heavy (non-hydrogen) atoms. The van der Waals surface area contributed by atoms with Gasteiger partial charge in [0.25, 0.3) is 0 Å². The van der Waals surface area contributed by atoms with Gasteiger partial charge >= 0.3 is 7.60 Å². The zero-order valence-corrected chi connectivity index (χ0v) is 10.5. The lowest BCUT2D eigenvalue weighted by Gasteiger charge is -2.03. The molecule has 0 rings (SSSR count). The van der Waals surface area contributed by atoms with Gasteiger partial charge in [0, 0.05) is 6.16 Å². The molecule has 0 aliphatic rings. The van der Waals surface area contributed by atoms with Crippen molar-refractivity contribution in [1.29, 1.82) is 0 Å². The van der Waals surface area contributed by atoms with Crippen LogP contribution < -0.4 is 0 Å². The van der Waals surface area contributed by atoms with Crippen LogP contribution in [0, 0.1) is 0 Å². The van der Waals surface area contributed by atoms with Gasteiger partial charge in [-0.1, -0.05) is 51.9 Å². The van der Waals surface area contributed by atoms with E-state index in [-0.39, 0.29) is 11.6 Å². The summed E-state index contributed by atoms with van der Waals surface area (Å²) in [6.45, 7) is 2.19. The van der Waals surface area contributed by atoms with Gasteiger partial charge < -0.3 is 15.3 Å². The highest BCUT2D eigenvalue weighted by molar-refractivity contribution is 7.51. The van der Waals surface area contributed by atoms with E-state index in [0.29, 0.717) is 6.42 Å². The fraction of sp³-hybridized carbons (Fsp3) is 1.00. The second-order valence-corrected chi connectivity index (χ2v) is 5.64. The van der Waals surface area contributed by atoms with Crippen LogP contribution in [0.25, 0.3) is 0 Å². The third kappa shape index (κ3) is 16.8. The molecule has 0 bridgehead atoms. The summed E-state index contributed by atoms with van der Waals surface area (Å²) in [6, 6.07) is 0. The van der Waals surface area contributed by atoms with Gasteiger partial charge in [0.15, 0.2) is 0 Å². The molecule has 0 radical (unpaired) electrons. The van der Waals surface area contributed by atoms with Crippen LogP contribution in [0.1, 0.15) is 58.3 Å². The topological polar surface area (TPSA) is 89.0 Å². The summed E-state index contributed by atoms with van der Waals surface area (Å²) in [5.74, 6) is 0. The van der Waals surface area contributed by atoms with E-state index >= 15 is 0 Å². The normalized spacial score (nSPS) is 11.1. The van der Waals surface area contributed by atoms with E-state index in [0.717, 1.165) is 12.8 Å². The molecule has 0 aliphatic carbocycles. The molecule has 0 aromatic rings. The minimum atomic E-state index is -3.73. The van der Waals surface area contributed by atoms with E-state index in [1.54, 1.807) is 0 Å². The molecule has 0 atom stereocenters. The van der Waals surface area contributed by atoms with E-state index in [1.807, 2.05) is 0 Å². The number of hydrogen-bond donors (Lipinski definition) is 2. The number of hydrogen-bond acceptors (Lipinski definition) is 1. The van der Waals surface area contributed by atoms with Crippen LogP contribution in [0.4, 0.5) is 0 Å². The van der Waals surface area contributed by atoms with Crippen LogP contribution >= 0.6 is 7.60 Å². The van der Waals surface area contributed by atoms with Gasteiger partial charge in [-0.2, -0.15) is 0 Å². The predicted octanol–water partition coefficient (Wildman–Crippen LogP) is 2.48.